The molecule has 0 saturated heterocycles. The zero-order valence-electron chi connectivity index (χ0n) is 14.1. The topological polar surface area (TPSA) is 41.6 Å². The van der Waals surface area contributed by atoms with Gasteiger partial charge in [-0.2, -0.15) is 0 Å². The molecule has 118 valence electrons. The van der Waals surface area contributed by atoms with Crippen LogP contribution in [0.1, 0.15) is 40.2 Å². The van der Waals surface area contributed by atoms with Crippen molar-refractivity contribution in [2.75, 3.05) is 13.6 Å². The Kier molecular flexibility index (Phi) is 5.78. The SMILES string of the molecule is CN(C(C)(C)C)C(C)(C)CNC(=O)OCc1ccccc1. The van der Waals surface area contributed by atoms with Crippen molar-refractivity contribution >= 4 is 6.09 Å². The van der Waals surface area contributed by atoms with Crippen molar-refractivity contribution in [1.29, 1.82) is 0 Å². The Morgan fingerprint density at radius 3 is 2.24 bits per heavy atom. The summed E-state index contributed by atoms with van der Waals surface area (Å²) in [6.45, 7) is 11.5. The van der Waals surface area contributed by atoms with Crippen molar-refractivity contribution in [1.82, 2.24) is 10.2 Å². The molecule has 4 heteroatoms. The number of alkyl carbamates (subject to hydrolysis) is 1. The number of nitrogens with zero attached hydrogens (tertiary/aromatic N) is 1. The Balaban J connectivity index is 2.42. The van der Waals surface area contributed by atoms with Gasteiger partial charge in [0.05, 0.1) is 0 Å². The molecule has 1 rings (SSSR count). The second-order valence-electron chi connectivity index (χ2n) is 6.96. The van der Waals surface area contributed by atoms with Crippen LogP contribution in [0.3, 0.4) is 0 Å². The summed E-state index contributed by atoms with van der Waals surface area (Å²) in [5, 5.41) is 2.84. The van der Waals surface area contributed by atoms with Gasteiger partial charge < -0.3 is 10.1 Å². The molecule has 1 aromatic carbocycles. The lowest BCUT2D eigenvalue weighted by Crippen LogP contribution is -2.56. The first-order valence-corrected chi connectivity index (χ1v) is 7.31. The summed E-state index contributed by atoms with van der Waals surface area (Å²) >= 11 is 0. The minimum absolute atomic E-state index is 0.0408. The highest BCUT2D eigenvalue weighted by molar-refractivity contribution is 5.67. The van der Waals surface area contributed by atoms with Gasteiger partial charge in [-0.25, -0.2) is 4.79 Å². The van der Waals surface area contributed by atoms with Crippen molar-refractivity contribution in [2.24, 2.45) is 0 Å². The van der Waals surface area contributed by atoms with E-state index in [4.69, 9.17) is 4.74 Å². The van der Waals surface area contributed by atoms with Crippen LogP contribution in [-0.4, -0.2) is 35.7 Å². The largest absolute Gasteiger partial charge is 0.445 e. The van der Waals surface area contributed by atoms with Crippen LogP contribution in [0.15, 0.2) is 30.3 Å². The van der Waals surface area contributed by atoms with E-state index in [0.717, 1.165) is 5.56 Å². The van der Waals surface area contributed by atoms with Crippen LogP contribution in [0.25, 0.3) is 0 Å². The first kappa shape index (κ1) is 17.5. The standard InChI is InChI=1S/C17H28N2O2/c1-16(2,3)19(6)17(4,5)13-18-15(20)21-12-14-10-8-7-9-11-14/h7-11H,12-13H2,1-6H3,(H,18,20). The first-order valence-electron chi connectivity index (χ1n) is 7.31. The molecule has 0 aliphatic rings. The van der Waals surface area contributed by atoms with Crippen LogP contribution >= 0.6 is 0 Å². The van der Waals surface area contributed by atoms with Gasteiger partial charge in [0, 0.05) is 17.6 Å². The average molecular weight is 292 g/mol. The van der Waals surface area contributed by atoms with Crippen LogP contribution < -0.4 is 5.32 Å². The summed E-state index contributed by atoms with van der Waals surface area (Å²) in [7, 11) is 2.07. The molecule has 1 N–H and O–H groups in total. The molecule has 1 aromatic rings. The molecule has 4 nitrogen and oxygen atoms in total. The predicted octanol–water partition coefficient (Wildman–Crippen LogP) is 3.42. The maximum Gasteiger partial charge on any atom is 0.407 e. The maximum absolute atomic E-state index is 11.8. The molecule has 0 aliphatic heterocycles. The number of carbonyl (C=O) groups is 1. The Morgan fingerprint density at radius 2 is 1.71 bits per heavy atom. The summed E-state index contributed by atoms with van der Waals surface area (Å²) in [6, 6.07) is 9.67. The monoisotopic (exact) mass is 292 g/mol. The van der Waals surface area contributed by atoms with Gasteiger partial charge in [-0.05, 0) is 47.2 Å². The zero-order valence-corrected chi connectivity index (χ0v) is 14.1. The van der Waals surface area contributed by atoms with Crippen LogP contribution in [-0.2, 0) is 11.3 Å². The minimum atomic E-state index is -0.380. The molecule has 1 amide bonds. The summed E-state index contributed by atoms with van der Waals surface area (Å²) in [5.74, 6) is 0. The second kappa shape index (κ2) is 6.94. The fourth-order valence-corrected chi connectivity index (χ4v) is 2.09. The summed E-state index contributed by atoms with van der Waals surface area (Å²) in [6.07, 6.45) is -0.380. The van der Waals surface area contributed by atoms with Crippen LogP contribution in [0.2, 0.25) is 0 Å². The van der Waals surface area contributed by atoms with Crippen LogP contribution in [0, 0.1) is 0 Å². The average Bonchev–Trinajstić information content (AvgIpc) is 2.42. The summed E-state index contributed by atoms with van der Waals surface area (Å²) in [4.78, 5) is 14.0. The van der Waals surface area contributed by atoms with Gasteiger partial charge in [0.2, 0.25) is 0 Å². The van der Waals surface area contributed by atoms with E-state index in [0.29, 0.717) is 13.2 Å². The molecule has 0 atom stereocenters. The number of likely N-dealkylation sites (N-methyl/N-ethyl adjacent to an activating group) is 1. The van der Waals surface area contributed by atoms with E-state index in [9.17, 15) is 4.79 Å². The normalized spacial score (nSPS) is 12.3. The molecule has 0 aromatic heterocycles. The molecule has 0 fully saturated rings. The summed E-state index contributed by atoms with van der Waals surface area (Å²) < 4.78 is 5.22. The molecule has 21 heavy (non-hydrogen) atoms. The number of benzene rings is 1. The van der Waals surface area contributed by atoms with Gasteiger partial charge in [-0.1, -0.05) is 30.3 Å². The maximum atomic E-state index is 11.8. The second-order valence-corrected chi connectivity index (χ2v) is 6.96. The highest BCUT2D eigenvalue weighted by Crippen LogP contribution is 2.22. The highest BCUT2D eigenvalue weighted by Gasteiger charge is 2.31. The molecule has 0 heterocycles. The molecule has 0 radical (unpaired) electrons. The van der Waals surface area contributed by atoms with E-state index in [1.54, 1.807) is 0 Å². The van der Waals surface area contributed by atoms with Crippen molar-refractivity contribution in [3.05, 3.63) is 35.9 Å². The molecule has 0 bridgehead atoms. The van der Waals surface area contributed by atoms with E-state index < -0.39 is 0 Å². The fourth-order valence-electron chi connectivity index (χ4n) is 2.09. The number of amides is 1. The Hall–Kier alpha value is -1.55. The quantitative estimate of drug-likeness (QED) is 0.904. The molecule has 0 unspecified atom stereocenters. The first-order chi connectivity index (χ1) is 9.63. The predicted molar refractivity (Wildman–Crippen MR) is 86.2 cm³/mol. The van der Waals surface area contributed by atoms with E-state index in [2.05, 4.69) is 51.9 Å². The number of nitrogens with one attached hydrogen (secondary N) is 1. The third-order valence-electron chi connectivity index (χ3n) is 3.79. The van der Waals surface area contributed by atoms with Crippen LogP contribution in [0.5, 0.6) is 0 Å². The Labute approximate surface area is 128 Å². The zero-order chi connectivity index (χ0) is 16.1. The van der Waals surface area contributed by atoms with Gasteiger partial charge >= 0.3 is 6.09 Å². The Morgan fingerprint density at radius 1 is 1.14 bits per heavy atom. The third kappa shape index (κ3) is 5.76. The molecule has 0 aliphatic carbocycles. The summed E-state index contributed by atoms with van der Waals surface area (Å²) in [5.41, 5.74) is 0.877. The number of ether oxygens (including phenoxy) is 1. The molecule has 0 spiro atoms. The number of hydrogen-bond donors (Lipinski definition) is 1. The lowest BCUT2D eigenvalue weighted by atomic mass is 9.95. The lowest BCUT2D eigenvalue weighted by molar-refractivity contribution is 0.0539. The van der Waals surface area contributed by atoms with Gasteiger partial charge in [-0.3, -0.25) is 4.90 Å². The molecule has 0 saturated carbocycles. The van der Waals surface area contributed by atoms with Gasteiger partial charge in [0.15, 0.2) is 0 Å². The van der Waals surface area contributed by atoms with E-state index in [1.807, 2.05) is 30.3 Å². The minimum Gasteiger partial charge on any atom is -0.445 e. The fraction of sp³-hybridized carbons (Fsp3) is 0.588. The van der Waals surface area contributed by atoms with Crippen LogP contribution in [0.4, 0.5) is 4.79 Å². The number of carbonyl (C=O) groups excluding carboxylic acids is 1. The molecular formula is C17H28N2O2. The van der Waals surface area contributed by atoms with E-state index in [1.165, 1.54) is 0 Å². The van der Waals surface area contributed by atoms with Gasteiger partial charge in [0.1, 0.15) is 6.61 Å². The third-order valence-corrected chi connectivity index (χ3v) is 3.79. The van der Waals surface area contributed by atoms with Gasteiger partial charge in [-0.15, -0.1) is 0 Å². The number of hydrogen-bond acceptors (Lipinski definition) is 3. The number of rotatable bonds is 5. The van der Waals surface area contributed by atoms with E-state index >= 15 is 0 Å². The smallest absolute Gasteiger partial charge is 0.407 e. The lowest BCUT2D eigenvalue weighted by Gasteiger charge is -2.44. The van der Waals surface area contributed by atoms with Crippen molar-refractivity contribution in [2.45, 2.75) is 52.3 Å². The van der Waals surface area contributed by atoms with Crippen molar-refractivity contribution in [3.63, 3.8) is 0 Å². The Bertz CT molecular complexity index is 450. The van der Waals surface area contributed by atoms with Crippen molar-refractivity contribution < 1.29 is 9.53 Å². The van der Waals surface area contributed by atoms with E-state index in [-0.39, 0.29) is 17.2 Å². The van der Waals surface area contributed by atoms with Crippen molar-refractivity contribution in [3.8, 4) is 0 Å². The molecular weight excluding hydrogens is 264 g/mol. The highest BCUT2D eigenvalue weighted by atomic mass is 16.5. The van der Waals surface area contributed by atoms with Gasteiger partial charge in [0.25, 0.3) is 0 Å².